The van der Waals surface area contributed by atoms with E-state index in [2.05, 4.69) is 221 Å². The average Bonchev–Trinajstić information content (AvgIpc) is 4.04. The molecule has 5 aromatic heterocycles. The molecule has 11 aromatic carbocycles. The second-order valence-electron chi connectivity index (χ2n) is 20.6. The van der Waals surface area contributed by atoms with E-state index in [1.54, 1.807) is 0 Å². The molecule has 6 heteroatoms. The molecule has 2 aliphatic rings. The molecule has 75 heavy (non-hydrogen) atoms. The van der Waals surface area contributed by atoms with E-state index in [-0.39, 0.29) is 6.71 Å². The second-order valence-corrected chi connectivity index (χ2v) is 20.6. The van der Waals surface area contributed by atoms with Crippen LogP contribution >= 0.6 is 0 Å². The number of benzene rings is 11. The quantitative estimate of drug-likeness (QED) is 0.131. The van der Waals surface area contributed by atoms with E-state index >= 15 is 0 Å². The van der Waals surface area contributed by atoms with E-state index in [0.29, 0.717) is 0 Å². The van der Waals surface area contributed by atoms with Crippen molar-refractivity contribution in [1.82, 2.24) is 24.1 Å². The number of hydrogen-bond acceptors (Lipinski definition) is 3. The molecule has 0 fully saturated rings. The fourth-order valence-electron chi connectivity index (χ4n) is 14.0. The molecule has 2 aliphatic heterocycles. The van der Waals surface area contributed by atoms with Crippen molar-refractivity contribution in [3.63, 3.8) is 0 Å². The van der Waals surface area contributed by atoms with Crippen LogP contribution in [-0.2, 0) is 0 Å². The zero-order valence-electron chi connectivity index (χ0n) is 40.3. The van der Waals surface area contributed by atoms with Gasteiger partial charge >= 0.3 is 0 Å². The summed E-state index contributed by atoms with van der Waals surface area (Å²) in [5.41, 5.74) is 21.3. The molecule has 0 amide bonds. The van der Waals surface area contributed by atoms with E-state index < -0.39 is 0 Å². The molecular weight excluding hydrogens is 910 g/mol. The molecule has 16 aromatic rings. The fraction of sp³-hybridized carbons (Fsp3) is 0. The lowest BCUT2D eigenvalue weighted by atomic mass is 9.34. The van der Waals surface area contributed by atoms with Crippen molar-refractivity contribution in [3.05, 3.63) is 231 Å². The van der Waals surface area contributed by atoms with Crippen LogP contribution < -0.4 is 16.4 Å². The van der Waals surface area contributed by atoms with Gasteiger partial charge in [0.1, 0.15) is 0 Å². The molecule has 0 atom stereocenters. The normalized spacial score (nSPS) is 12.8. The summed E-state index contributed by atoms with van der Waals surface area (Å²) in [6.07, 6.45) is 5.89. The van der Waals surface area contributed by atoms with Crippen molar-refractivity contribution >= 4 is 132 Å². The molecular formula is C69H38BN5. The Balaban J connectivity index is 1.03. The third kappa shape index (κ3) is 5.15. The number of aromatic nitrogens is 5. The maximum absolute atomic E-state index is 4.88. The fourth-order valence-corrected chi connectivity index (χ4v) is 14.0. The zero-order valence-corrected chi connectivity index (χ0v) is 40.3. The van der Waals surface area contributed by atoms with Crippen molar-refractivity contribution in [2.75, 3.05) is 0 Å². The van der Waals surface area contributed by atoms with Crippen LogP contribution in [0, 0.1) is 0 Å². The third-order valence-corrected chi connectivity index (χ3v) is 17.0. The Bertz CT molecular complexity index is 5230. The number of pyridine rings is 3. The first-order valence-corrected chi connectivity index (χ1v) is 25.9. The summed E-state index contributed by atoms with van der Waals surface area (Å²) < 4.78 is 5.20. The smallest absolute Gasteiger partial charge is 0.252 e. The lowest BCUT2D eigenvalue weighted by molar-refractivity contribution is 1.14. The van der Waals surface area contributed by atoms with Gasteiger partial charge in [-0.05, 0) is 156 Å². The molecule has 7 heterocycles. The Kier molecular flexibility index (Phi) is 7.62. The predicted molar refractivity (Wildman–Crippen MR) is 315 cm³/mol. The van der Waals surface area contributed by atoms with Crippen LogP contribution in [-0.4, -0.2) is 30.8 Å². The average molecular weight is 948 g/mol. The standard InChI is InChI=1S/C69H38BN5/c1-2-14-47-45(12-1)46-13-3-4-18-51(46)65-52(47)25-27-62-66(65)55-36-41(44-30-33-73-60-21-10-7-17-50(44)60)38-57-69(55)75(62)64-23-11-22-63-67(64)70(57)56-37-40(43-29-32-72-59-20-9-6-16-49(43)59)35-54-53-34-39(24-26-61(53)74(63)68(54)56)42-28-31-71-58-19-8-5-15-48(42)58/h1-38H. The summed E-state index contributed by atoms with van der Waals surface area (Å²) >= 11 is 0. The summed E-state index contributed by atoms with van der Waals surface area (Å²) in [6, 6.07) is 79.1. The number of hydrogen-bond donors (Lipinski definition) is 0. The number of nitrogens with zero attached hydrogens (tertiary/aromatic N) is 5. The Morgan fingerprint density at radius 3 is 1.32 bits per heavy atom. The highest BCUT2D eigenvalue weighted by molar-refractivity contribution is 7.00. The highest BCUT2D eigenvalue weighted by atomic mass is 15.0. The van der Waals surface area contributed by atoms with Gasteiger partial charge in [-0.3, -0.25) is 15.0 Å². The van der Waals surface area contributed by atoms with Gasteiger partial charge in [0.05, 0.1) is 27.6 Å². The molecule has 0 aliphatic carbocycles. The van der Waals surface area contributed by atoms with Crippen LogP contribution in [0.15, 0.2) is 231 Å². The molecule has 0 saturated heterocycles. The summed E-state index contributed by atoms with van der Waals surface area (Å²) in [5, 5.41) is 16.1. The van der Waals surface area contributed by atoms with Crippen molar-refractivity contribution in [3.8, 4) is 44.8 Å². The van der Waals surface area contributed by atoms with Crippen molar-refractivity contribution in [1.29, 1.82) is 0 Å². The first kappa shape index (κ1) is 39.7. The van der Waals surface area contributed by atoms with Gasteiger partial charge in [-0.25, -0.2) is 0 Å². The van der Waals surface area contributed by atoms with Crippen molar-refractivity contribution < 1.29 is 0 Å². The van der Waals surface area contributed by atoms with Crippen LogP contribution in [0.4, 0.5) is 0 Å². The number of fused-ring (bicyclic) bond motifs is 20. The van der Waals surface area contributed by atoms with Crippen molar-refractivity contribution in [2.45, 2.75) is 0 Å². The lowest BCUT2D eigenvalue weighted by Crippen LogP contribution is -2.59. The Morgan fingerprint density at radius 2 is 0.733 bits per heavy atom. The molecule has 0 bridgehead atoms. The number of para-hydroxylation sites is 3. The molecule has 0 N–H and O–H groups in total. The highest BCUT2D eigenvalue weighted by Crippen LogP contribution is 2.47. The van der Waals surface area contributed by atoms with Gasteiger partial charge in [-0.1, -0.05) is 133 Å². The SMILES string of the molecule is c1cc2c3c(c1)-n1c4ccc5c6ccccc6c6ccccc6c5c4c4cc(-c5ccnc6ccccc56)cc(c41)B3c1cc(-c3ccnc4ccccc34)cc3c4cc(-c5ccnc6ccccc56)ccc4n-2c13. The van der Waals surface area contributed by atoms with Gasteiger partial charge in [0.2, 0.25) is 0 Å². The van der Waals surface area contributed by atoms with Crippen LogP contribution in [0.1, 0.15) is 0 Å². The Hall–Kier alpha value is -9.91. The van der Waals surface area contributed by atoms with Gasteiger partial charge in [-0.2, -0.15) is 0 Å². The summed E-state index contributed by atoms with van der Waals surface area (Å²) in [4.78, 5) is 14.5. The van der Waals surface area contributed by atoms with Gasteiger partial charge in [0.15, 0.2) is 0 Å². The van der Waals surface area contributed by atoms with E-state index in [9.17, 15) is 0 Å². The van der Waals surface area contributed by atoms with Crippen LogP contribution in [0.3, 0.4) is 0 Å². The van der Waals surface area contributed by atoms with Crippen LogP contribution in [0.25, 0.3) is 153 Å². The minimum Gasteiger partial charge on any atom is -0.310 e. The van der Waals surface area contributed by atoms with E-state index in [1.165, 1.54) is 137 Å². The Morgan fingerprint density at radius 1 is 0.293 bits per heavy atom. The topological polar surface area (TPSA) is 48.5 Å². The van der Waals surface area contributed by atoms with Gasteiger partial charge in [0.25, 0.3) is 6.71 Å². The third-order valence-electron chi connectivity index (χ3n) is 17.0. The van der Waals surface area contributed by atoms with E-state index in [1.807, 2.05) is 18.6 Å². The first-order valence-electron chi connectivity index (χ1n) is 25.9. The summed E-state index contributed by atoms with van der Waals surface area (Å²) in [6.45, 7) is -0.108. The number of rotatable bonds is 3. The molecule has 0 unspecified atom stereocenters. The monoisotopic (exact) mass is 947 g/mol. The maximum atomic E-state index is 4.88. The van der Waals surface area contributed by atoms with E-state index in [4.69, 9.17) is 15.0 Å². The molecule has 0 spiro atoms. The molecule has 0 saturated carbocycles. The second kappa shape index (κ2) is 14.4. The van der Waals surface area contributed by atoms with Gasteiger partial charge in [0, 0.05) is 84.1 Å². The van der Waals surface area contributed by atoms with Crippen molar-refractivity contribution in [2.24, 2.45) is 0 Å². The summed E-state index contributed by atoms with van der Waals surface area (Å²) in [5.74, 6) is 0. The van der Waals surface area contributed by atoms with Gasteiger partial charge < -0.3 is 9.13 Å². The molecule has 18 rings (SSSR count). The maximum Gasteiger partial charge on any atom is 0.252 e. The first-order chi connectivity index (χ1) is 37.2. The molecule has 342 valence electrons. The molecule has 0 radical (unpaired) electrons. The van der Waals surface area contributed by atoms with Gasteiger partial charge in [-0.15, -0.1) is 0 Å². The predicted octanol–water partition coefficient (Wildman–Crippen LogP) is 15.1. The minimum absolute atomic E-state index is 0.108. The highest BCUT2D eigenvalue weighted by Gasteiger charge is 2.42. The Labute approximate surface area is 429 Å². The van der Waals surface area contributed by atoms with Crippen LogP contribution in [0.2, 0.25) is 0 Å². The zero-order chi connectivity index (χ0) is 48.6. The largest absolute Gasteiger partial charge is 0.310 e. The summed E-state index contributed by atoms with van der Waals surface area (Å²) in [7, 11) is 0. The molecule has 5 nitrogen and oxygen atoms in total. The van der Waals surface area contributed by atoms with E-state index in [0.717, 1.165) is 32.7 Å². The lowest BCUT2D eigenvalue weighted by Gasteiger charge is -2.34. The minimum atomic E-state index is -0.108. The van der Waals surface area contributed by atoms with Crippen LogP contribution in [0.5, 0.6) is 0 Å².